The van der Waals surface area contributed by atoms with E-state index in [1.807, 2.05) is 52.0 Å². The normalized spacial score (nSPS) is 14.0. The van der Waals surface area contributed by atoms with Crippen LogP contribution in [0.25, 0.3) is 0 Å². The van der Waals surface area contributed by atoms with Crippen LogP contribution in [0.3, 0.4) is 0 Å². The molecule has 0 fully saturated rings. The summed E-state index contributed by atoms with van der Waals surface area (Å²) in [6.07, 6.45) is 0. The highest BCUT2D eigenvalue weighted by Crippen LogP contribution is 2.27. The van der Waals surface area contributed by atoms with Crippen molar-refractivity contribution in [1.82, 2.24) is 4.72 Å². The number of nitrogens with one attached hydrogen (secondary N) is 1. The summed E-state index contributed by atoms with van der Waals surface area (Å²) in [6, 6.07) is 7.65. The molecule has 0 aromatic heterocycles. The van der Waals surface area contributed by atoms with Crippen molar-refractivity contribution in [3.8, 4) is 0 Å². The molecule has 160 valence electrons. The van der Waals surface area contributed by atoms with Crippen molar-refractivity contribution in [2.45, 2.75) is 52.4 Å². The van der Waals surface area contributed by atoms with Gasteiger partial charge in [-0.3, -0.25) is 0 Å². The van der Waals surface area contributed by atoms with Gasteiger partial charge >= 0.3 is 0 Å². The average Bonchev–Trinajstić information content (AvgIpc) is 2.54. The van der Waals surface area contributed by atoms with Gasteiger partial charge in [0.15, 0.2) is 0 Å². The van der Waals surface area contributed by atoms with E-state index in [0.29, 0.717) is 11.1 Å². The predicted molar refractivity (Wildman–Crippen MR) is 114 cm³/mol. The van der Waals surface area contributed by atoms with Crippen molar-refractivity contribution >= 4 is 21.4 Å². The molecule has 2 atom stereocenters. The number of aryl methyl sites for hydroxylation is 6. The van der Waals surface area contributed by atoms with Crippen LogP contribution in [0.5, 0.6) is 0 Å². The van der Waals surface area contributed by atoms with E-state index in [9.17, 15) is 17.2 Å². The maximum absolute atomic E-state index is 13.0. The van der Waals surface area contributed by atoms with Gasteiger partial charge in [0.05, 0.1) is 22.9 Å². The van der Waals surface area contributed by atoms with E-state index in [1.165, 1.54) is 0 Å². The Labute approximate surface area is 176 Å². The molecule has 0 spiro atoms. The first-order valence-electron chi connectivity index (χ1n) is 9.30. The van der Waals surface area contributed by atoms with Gasteiger partial charge in [0, 0.05) is 12.5 Å². The Hall–Kier alpha value is -1.58. The first kappa shape index (κ1) is 23.7. The van der Waals surface area contributed by atoms with Crippen molar-refractivity contribution in [2.24, 2.45) is 0 Å². The molecule has 0 saturated carbocycles. The fourth-order valence-corrected chi connectivity index (χ4v) is 5.90. The first-order chi connectivity index (χ1) is 13.4. The Balaban J connectivity index is 2.37. The van der Waals surface area contributed by atoms with E-state index in [2.05, 4.69) is 4.72 Å². The molecule has 29 heavy (non-hydrogen) atoms. The van der Waals surface area contributed by atoms with Gasteiger partial charge < -0.3 is 8.74 Å². The quantitative estimate of drug-likeness (QED) is 0.637. The van der Waals surface area contributed by atoms with Crippen LogP contribution in [0.15, 0.2) is 29.2 Å². The summed E-state index contributed by atoms with van der Waals surface area (Å²) in [5, 5.41) is 0. The Morgan fingerprint density at radius 1 is 0.931 bits per heavy atom. The van der Waals surface area contributed by atoms with Crippen LogP contribution in [0.4, 0.5) is 0 Å². The zero-order valence-corrected chi connectivity index (χ0v) is 19.3. The highest BCUT2D eigenvalue weighted by atomic mass is 32.2. The van der Waals surface area contributed by atoms with Gasteiger partial charge in [0.25, 0.3) is 0 Å². The van der Waals surface area contributed by atoms with Gasteiger partial charge in [0.1, 0.15) is 0 Å². The third-order valence-corrected chi connectivity index (χ3v) is 6.96. The minimum Gasteiger partial charge on any atom is -0.750 e. The summed E-state index contributed by atoms with van der Waals surface area (Å²) in [4.78, 5) is 0.257. The molecule has 0 bridgehead atoms. The highest BCUT2D eigenvalue weighted by Gasteiger charge is 2.24. The van der Waals surface area contributed by atoms with Crippen molar-refractivity contribution in [1.29, 1.82) is 0 Å². The molecule has 2 aromatic rings. The first-order valence-corrected chi connectivity index (χ1v) is 11.8. The van der Waals surface area contributed by atoms with E-state index in [1.54, 1.807) is 13.8 Å². The van der Waals surface area contributed by atoms with Gasteiger partial charge in [-0.15, -0.1) is 0 Å². The Morgan fingerprint density at radius 3 is 1.83 bits per heavy atom. The van der Waals surface area contributed by atoms with E-state index >= 15 is 0 Å². The summed E-state index contributed by atoms with van der Waals surface area (Å²) in [6.45, 7) is 11.2. The second kappa shape index (κ2) is 9.49. The SMILES string of the molecule is Cc1cc(C)c(C(CNS(=O)(=O)c2c(C)cc(C)cc2C)COS(=O)[O-])c(C)c1. The molecule has 0 saturated heterocycles. The molecule has 2 aromatic carbocycles. The van der Waals surface area contributed by atoms with E-state index in [-0.39, 0.29) is 18.0 Å². The summed E-state index contributed by atoms with van der Waals surface area (Å²) >= 11 is -2.68. The lowest BCUT2D eigenvalue weighted by Gasteiger charge is -2.23. The lowest BCUT2D eigenvalue weighted by atomic mass is 9.90. The third kappa shape index (κ3) is 5.96. The molecule has 8 heteroatoms. The molecule has 1 N–H and O–H groups in total. The van der Waals surface area contributed by atoms with Gasteiger partial charge in [0.2, 0.25) is 10.0 Å². The van der Waals surface area contributed by atoms with E-state index < -0.39 is 27.3 Å². The van der Waals surface area contributed by atoms with E-state index in [0.717, 1.165) is 27.8 Å². The van der Waals surface area contributed by atoms with Gasteiger partial charge in [-0.05, 0) is 69.4 Å². The number of hydrogen-bond donors (Lipinski definition) is 1. The van der Waals surface area contributed by atoms with Crippen LogP contribution >= 0.6 is 0 Å². The molecule has 0 amide bonds. The molecule has 2 unspecified atom stereocenters. The number of sulfonamides is 1. The minimum atomic E-state index is -3.77. The molecule has 0 radical (unpaired) electrons. The molecular weight excluding hydrogens is 410 g/mol. The van der Waals surface area contributed by atoms with Gasteiger partial charge in [-0.2, -0.15) is 0 Å². The maximum Gasteiger partial charge on any atom is 0.241 e. The summed E-state index contributed by atoms with van der Waals surface area (Å²) in [7, 11) is -3.77. The topological polar surface area (TPSA) is 95.5 Å². The Morgan fingerprint density at radius 2 is 1.38 bits per heavy atom. The molecule has 2 rings (SSSR count). The second-order valence-corrected chi connectivity index (χ2v) is 9.93. The lowest BCUT2D eigenvalue weighted by Crippen LogP contribution is -2.32. The number of hydrogen-bond acceptors (Lipinski definition) is 5. The maximum atomic E-state index is 13.0. The number of benzene rings is 2. The zero-order chi connectivity index (χ0) is 21.9. The fraction of sp³-hybridized carbons (Fsp3) is 0.429. The smallest absolute Gasteiger partial charge is 0.241 e. The fourth-order valence-electron chi connectivity index (χ4n) is 4.09. The Kier molecular flexibility index (Phi) is 7.75. The summed E-state index contributed by atoms with van der Waals surface area (Å²) in [5.74, 6) is -0.450. The zero-order valence-electron chi connectivity index (χ0n) is 17.7. The van der Waals surface area contributed by atoms with Gasteiger partial charge in [-0.1, -0.05) is 35.4 Å². The average molecular weight is 439 g/mol. The predicted octanol–water partition coefficient (Wildman–Crippen LogP) is 3.41. The monoisotopic (exact) mass is 438 g/mol. The molecule has 6 nitrogen and oxygen atoms in total. The molecule has 0 heterocycles. The van der Waals surface area contributed by atoms with Gasteiger partial charge in [-0.25, -0.2) is 17.3 Å². The van der Waals surface area contributed by atoms with Crippen molar-refractivity contribution in [3.05, 3.63) is 63.2 Å². The largest absolute Gasteiger partial charge is 0.750 e. The lowest BCUT2D eigenvalue weighted by molar-refractivity contribution is 0.276. The van der Waals surface area contributed by atoms with Crippen molar-refractivity contribution < 1.29 is 21.4 Å². The van der Waals surface area contributed by atoms with Crippen LogP contribution in [-0.2, 0) is 25.6 Å². The van der Waals surface area contributed by atoms with Crippen LogP contribution in [0, 0.1) is 41.5 Å². The van der Waals surface area contributed by atoms with Crippen LogP contribution < -0.4 is 4.72 Å². The van der Waals surface area contributed by atoms with Crippen molar-refractivity contribution in [2.75, 3.05) is 13.2 Å². The molecule has 0 aliphatic carbocycles. The summed E-state index contributed by atoms with van der Waals surface area (Å²) < 4.78 is 55.4. The van der Waals surface area contributed by atoms with Crippen LogP contribution in [0.2, 0.25) is 0 Å². The third-order valence-electron chi connectivity index (χ3n) is 4.90. The Bertz CT molecular complexity index is 985. The van der Waals surface area contributed by atoms with Crippen molar-refractivity contribution in [3.63, 3.8) is 0 Å². The molecule has 0 aliphatic rings. The molecule has 0 aliphatic heterocycles. The minimum absolute atomic E-state index is 0.0248. The number of rotatable bonds is 8. The van der Waals surface area contributed by atoms with E-state index in [4.69, 9.17) is 4.18 Å². The second-order valence-electron chi connectivity index (χ2n) is 7.58. The van der Waals surface area contributed by atoms with Crippen LogP contribution in [0.1, 0.15) is 44.9 Å². The molecular formula is C21H28NO5S2-. The highest BCUT2D eigenvalue weighted by molar-refractivity contribution is 7.89. The standard InChI is InChI=1S/C21H29NO5S2/c1-13-7-15(3)20(16(4)8-13)19(12-27-28(23)24)11-22-29(25,26)21-17(5)9-14(2)10-18(21)6/h7-10,19,22H,11-12H2,1-6H3,(H,23,24)/p-1. The van der Waals surface area contributed by atoms with Crippen LogP contribution in [-0.4, -0.2) is 30.3 Å². The summed E-state index contributed by atoms with van der Waals surface area (Å²) in [5.41, 5.74) is 6.25.